The van der Waals surface area contributed by atoms with Crippen LogP contribution in [0.15, 0.2) is 4.99 Å². The summed E-state index contributed by atoms with van der Waals surface area (Å²) in [5.41, 5.74) is 0. The number of carbonyl (C=O) groups is 1. The number of carbonyl (C=O) groups excluding carboxylic acids is 1. The molecule has 0 bridgehead atoms. The summed E-state index contributed by atoms with van der Waals surface area (Å²) in [6, 6.07) is 0. The minimum atomic E-state index is 0.238. The van der Waals surface area contributed by atoms with Gasteiger partial charge in [-0.05, 0) is 12.8 Å². The fraction of sp³-hybridized carbons (Fsp3) is 0.750. The fourth-order valence-corrected chi connectivity index (χ4v) is 1.34. The third-order valence-corrected chi connectivity index (χ3v) is 2.08. The Hall–Kier alpha value is -0.660. The number of hydrogen-bond donors (Lipinski definition) is 0. The van der Waals surface area contributed by atoms with E-state index in [1.807, 2.05) is 6.21 Å². The molecule has 0 spiro atoms. The van der Waals surface area contributed by atoms with Gasteiger partial charge < -0.3 is 4.79 Å². The van der Waals surface area contributed by atoms with E-state index in [1.165, 1.54) is 0 Å². The molecule has 0 N–H and O–H groups in total. The Labute approximate surface area is 61.3 Å². The van der Waals surface area contributed by atoms with Gasteiger partial charge in [0.1, 0.15) is 6.29 Å². The van der Waals surface area contributed by atoms with Crippen molar-refractivity contribution in [3.8, 4) is 0 Å². The van der Waals surface area contributed by atoms with E-state index in [9.17, 15) is 4.79 Å². The zero-order chi connectivity index (χ0) is 7.40. The van der Waals surface area contributed by atoms with Gasteiger partial charge in [0.25, 0.3) is 0 Å². The Morgan fingerprint density at radius 3 is 3.10 bits per heavy atom. The van der Waals surface area contributed by atoms with Crippen molar-refractivity contribution in [1.29, 1.82) is 0 Å². The van der Waals surface area contributed by atoms with Gasteiger partial charge in [-0.25, -0.2) is 0 Å². The molecule has 1 heterocycles. The molecule has 0 fully saturated rings. The number of aliphatic imine (C=N–C) groups is 1. The lowest BCUT2D eigenvalue weighted by Crippen LogP contribution is -2.21. The first-order chi connectivity index (χ1) is 4.88. The highest BCUT2D eigenvalue weighted by molar-refractivity contribution is 5.69. The molecule has 2 heteroatoms. The van der Waals surface area contributed by atoms with E-state index in [4.69, 9.17) is 0 Å². The first-order valence-electron chi connectivity index (χ1n) is 3.83. The minimum Gasteiger partial charge on any atom is -0.303 e. The lowest BCUT2D eigenvalue weighted by molar-refractivity contribution is -0.112. The van der Waals surface area contributed by atoms with Crippen LogP contribution in [0.3, 0.4) is 0 Å². The van der Waals surface area contributed by atoms with E-state index in [-0.39, 0.29) is 5.92 Å². The molecule has 0 aromatic heterocycles. The van der Waals surface area contributed by atoms with Gasteiger partial charge in [0.05, 0.1) is 0 Å². The molecular weight excluding hydrogens is 126 g/mol. The predicted octanol–water partition coefficient (Wildman–Crippen LogP) is 1.30. The molecule has 0 aromatic rings. The molecule has 0 radical (unpaired) electrons. The van der Waals surface area contributed by atoms with Crippen molar-refractivity contribution < 1.29 is 4.79 Å². The van der Waals surface area contributed by atoms with Crippen molar-refractivity contribution in [2.75, 3.05) is 6.54 Å². The number of rotatable bonds is 2. The summed E-state index contributed by atoms with van der Waals surface area (Å²) >= 11 is 0. The normalized spacial score (nSPS) is 32.1. The summed E-state index contributed by atoms with van der Waals surface area (Å²) in [7, 11) is 0. The lowest BCUT2D eigenvalue weighted by Gasteiger charge is -2.20. The highest BCUT2D eigenvalue weighted by atomic mass is 16.1. The van der Waals surface area contributed by atoms with Gasteiger partial charge in [-0.2, -0.15) is 0 Å². The van der Waals surface area contributed by atoms with Gasteiger partial charge in [-0.15, -0.1) is 0 Å². The van der Waals surface area contributed by atoms with Crippen LogP contribution < -0.4 is 0 Å². The molecule has 2 nitrogen and oxygen atoms in total. The smallest absolute Gasteiger partial charge is 0.123 e. The molecule has 1 aliphatic rings. The molecule has 56 valence electrons. The number of nitrogens with zero attached hydrogens (tertiary/aromatic N) is 1. The first-order valence-corrected chi connectivity index (χ1v) is 3.83. The van der Waals surface area contributed by atoms with E-state index in [2.05, 4.69) is 11.9 Å². The minimum absolute atomic E-state index is 0.238. The zero-order valence-electron chi connectivity index (χ0n) is 6.29. The fourth-order valence-electron chi connectivity index (χ4n) is 1.34. The molecule has 0 saturated carbocycles. The van der Waals surface area contributed by atoms with Crippen LogP contribution in [0.1, 0.15) is 19.8 Å². The average Bonchev–Trinajstić information content (AvgIpc) is 2.04. The van der Waals surface area contributed by atoms with Crippen LogP contribution >= 0.6 is 0 Å². The van der Waals surface area contributed by atoms with Crippen molar-refractivity contribution in [2.24, 2.45) is 16.8 Å². The standard InChI is InChI=1S/C8H13NO/c1-2-7-5-9-4-3-8(7)6-10/h5-8H,2-4H2,1H3. The maximum Gasteiger partial charge on any atom is 0.123 e. The third kappa shape index (κ3) is 1.43. The summed E-state index contributed by atoms with van der Waals surface area (Å²) in [4.78, 5) is 14.6. The summed E-state index contributed by atoms with van der Waals surface area (Å²) in [5.74, 6) is 0.647. The molecule has 2 atom stereocenters. The Morgan fingerprint density at radius 2 is 2.60 bits per heavy atom. The molecule has 1 rings (SSSR count). The summed E-state index contributed by atoms with van der Waals surface area (Å²) in [6.45, 7) is 2.93. The Bertz CT molecular complexity index is 142. The maximum atomic E-state index is 10.5. The van der Waals surface area contributed by atoms with Crippen LogP contribution in [0.5, 0.6) is 0 Å². The van der Waals surface area contributed by atoms with Crippen LogP contribution in [-0.4, -0.2) is 19.0 Å². The number of hydrogen-bond acceptors (Lipinski definition) is 2. The topological polar surface area (TPSA) is 29.4 Å². The summed E-state index contributed by atoms with van der Waals surface area (Å²) in [6.07, 6.45) is 4.98. The Kier molecular flexibility index (Phi) is 2.60. The van der Waals surface area contributed by atoms with E-state index in [0.717, 1.165) is 25.7 Å². The molecule has 0 saturated heterocycles. The highest BCUT2D eigenvalue weighted by Crippen LogP contribution is 2.18. The van der Waals surface area contributed by atoms with Gasteiger partial charge in [0.2, 0.25) is 0 Å². The Morgan fingerprint density at radius 1 is 1.80 bits per heavy atom. The van der Waals surface area contributed by atoms with Crippen LogP contribution in [0.4, 0.5) is 0 Å². The van der Waals surface area contributed by atoms with Gasteiger partial charge in [0.15, 0.2) is 0 Å². The van der Waals surface area contributed by atoms with Crippen LogP contribution in [-0.2, 0) is 4.79 Å². The van der Waals surface area contributed by atoms with E-state index < -0.39 is 0 Å². The van der Waals surface area contributed by atoms with Gasteiger partial charge in [-0.1, -0.05) is 6.92 Å². The molecule has 2 unspecified atom stereocenters. The summed E-state index contributed by atoms with van der Waals surface area (Å²) in [5, 5.41) is 0. The molecule has 0 amide bonds. The quantitative estimate of drug-likeness (QED) is 0.530. The summed E-state index contributed by atoms with van der Waals surface area (Å²) < 4.78 is 0. The van der Waals surface area contributed by atoms with Crippen LogP contribution in [0, 0.1) is 11.8 Å². The van der Waals surface area contributed by atoms with Crippen molar-refractivity contribution in [1.82, 2.24) is 0 Å². The molecule has 1 aliphatic heterocycles. The molecule has 0 aliphatic carbocycles. The predicted molar refractivity (Wildman–Crippen MR) is 41.3 cm³/mol. The SMILES string of the molecule is CCC1C=NCCC1C=O. The van der Waals surface area contributed by atoms with Crippen LogP contribution in [0.2, 0.25) is 0 Å². The maximum absolute atomic E-state index is 10.5. The zero-order valence-corrected chi connectivity index (χ0v) is 6.29. The first kappa shape index (κ1) is 7.45. The van der Waals surface area contributed by atoms with Gasteiger partial charge in [-0.3, -0.25) is 4.99 Å². The lowest BCUT2D eigenvalue weighted by atomic mass is 9.88. The largest absolute Gasteiger partial charge is 0.303 e. The van der Waals surface area contributed by atoms with Crippen LogP contribution in [0.25, 0.3) is 0 Å². The highest BCUT2D eigenvalue weighted by Gasteiger charge is 2.19. The van der Waals surface area contributed by atoms with E-state index in [1.54, 1.807) is 0 Å². The Balaban J connectivity index is 2.55. The second-order valence-electron chi connectivity index (χ2n) is 2.72. The van der Waals surface area contributed by atoms with E-state index in [0.29, 0.717) is 5.92 Å². The third-order valence-electron chi connectivity index (χ3n) is 2.08. The molecular formula is C8H13NO. The monoisotopic (exact) mass is 139 g/mol. The number of aldehydes is 1. The second-order valence-corrected chi connectivity index (χ2v) is 2.72. The van der Waals surface area contributed by atoms with Crippen molar-refractivity contribution >= 4 is 12.5 Å². The molecule has 0 aromatic carbocycles. The van der Waals surface area contributed by atoms with Gasteiger partial charge >= 0.3 is 0 Å². The van der Waals surface area contributed by atoms with E-state index >= 15 is 0 Å². The van der Waals surface area contributed by atoms with Crippen molar-refractivity contribution in [2.45, 2.75) is 19.8 Å². The average molecular weight is 139 g/mol. The molecule has 10 heavy (non-hydrogen) atoms. The van der Waals surface area contributed by atoms with Crippen molar-refractivity contribution in [3.63, 3.8) is 0 Å². The van der Waals surface area contributed by atoms with Crippen molar-refractivity contribution in [3.05, 3.63) is 0 Å². The second kappa shape index (κ2) is 3.49. The van der Waals surface area contributed by atoms with Gasteiger partial charge in [0, 0.05) is 24.6 Å².